The van der Waals surface area contributed by atoms with E-state index in [1.54, 1.807) is 19.2 Å². The molecule has 6 rings (SSSR count). The number of nitrogens with zero attached hydrogens (tertiary/aromatic N) is 4. The average Bonchev–Trinajstić information content (AvgIpc) is 3.66. The zero-order valence-electron chi connectivity index (χ0n) is 28.2. The minimum atomic E-state index is -4.44. The van der Waals surface area contributed by atoms with Gasteiger partial charge in [-0.15, -0.1) is 0 Å². The van der Waals surface area contributed by atoms with Crippen molar-refractivity contribution >= 4 is 19.5 Å². The lowest BCUT2D eigenvalue weighted by Crippen LogP contribution is -2.40. The Morgan fingerprint density at radius 2 is 1.89 bits per heavy atom. The number of ether oxygens (including phenoxy) is 2. The molecule has 47 heavy (non-hydrogen) atoms. The van der Waals surface area contributed by atoms with Gasteiger partial charge in [0.15, 0.2) is 14.5 Å². The van der Waals surface area contributed by atoms with Crippen molar-refractivity contribution in [2.24, 2.45) is 0 Å². The van der Waals surface area contributed by atoms with Crippen LogP contribution >= 0.6 is 0 Å². The van der Waals surface area contributed by atoms with Gasteiger partial charge in [-0.3, -0.25) is 0 Å². The zero-order chi connectivity index (χ0) is 33.6. The maximum Gasteiger partial charge on any atom is 0.416 e. The molecule has 2 aliphatic heterocycles. The number of pyridine rings is 1. The van der Waals surface area contributed by atoms with Gasteiger partial charge in [0.05, 0.1) is 42.5 Å². The van der Waals surface area contributed by atoms with Gasteiger partial charge in [-0.05, 0) is 91.2 Å². The highest BCUT2D eigenvalue weighted by molar-refractivity contribution is 6.74. The van der Waals surface area contributed by atoms with E-state index in [4.69, 9.17) is 24.0 Å². The molecule has 11 heteroatoms. The molecular weight excluding hydrogens is 622 g/mol. The first-order valence-electron chi connectivity index (χ1n) is 16.5. The number of halogens is 3. The quantitative estimate of drug-likeness (QED) is 0.176. The fraction of sp³-hybridized carbons (Fsp3) is 0.500. The molecule has 1 saturated heterocycles. The number of hydrogen-bond donors (Lipinski definition) is 0. The number of aromatic nitrogens is 4. The second kappa shape index (κ2) is 13.0. The number of hydrogen-bond acceptors (Lipinski definition) is 5. The van der Waals surface area contributed by atoms with Crippen LogP contribution in [-0.2, 0) is 33.1 Å². The third kappa shape index (κ3) is 6.86. The van der Waals surface area contributed by atoms with Crippen molar-refractivity contribution in [2.75, 3.05) is 19.8 Å². The van der Waals surface area contributed by atoms with Crippen LogP contribution in [-0.4, -0.2) is 47.3 Å². The van der Waals surface area contributed by atoms with Gasteiger partial charge in [0, 0.05) is 31.0 Å². The lowest BCUT2D eigenvalue weighted by molar-refractivity contribution is -0.138. The summed E-state index contributed by atoms with van der Waals surface area (Å²) in [7, 11) is -2.18. The van der Waals surface area contributed by atoms with Gasteiger partial charge in [0.1, 0.15) is 5.65 Å². The van der Waals surface area contributed by atoms with E-state index in [0.29, 0.717) is 31.0 Å². The summed E-state index contributed by atoms with van der Waals surface area (Å²) in [6, 6.07) is 8.58. The van der Waals surface area contributed by atoms with Crippen LogP contribution < -0.4 is 0 Å². The first kappa shape index (κ1) is 33.6. The summed E-state index contributed by atoms with van der Waals surface area (Å²) in [6.45, 7) is 14.6. The number of fused-ring (bicyclic) bond motifs is 1. The summed E-state index contributed by atoms with van der Waals surface area (Å²) < 4.78 is 64.5. The van der Waals surface area contributed by atoms with Gasteiger partial charge in [-0.1, -0.05) is 39.0 Å². The van der Waals surface area contributed by atoms with Crippen molar-refractivity contribution in [3.8, 4) is 11.3 Å². The molecular formula is C36H45F3N4O3Si. The molecule has 5 heterocycles. The SMILES string of the molecule is Cc1c(Cc2c(CO[Si](C)(C)C(C)(C)C)nc3c(-c4ccnn4C4CCCCO4)cc(C4=CCOCC4)cn23)cccc1C(F)(F)F. The first-order valence-corrected chi connectivity index (χ1v) is 19.4. The van der Waals surface area contributed by atoms with Crippen LogP contribution in [0.15, 0.2) is 48.8 Å². The zero-order valence-corrected chi connectivity index (χ0v) is 29.2. The fourth-order valence-electron chi connectivity index (χ4n) is 6.20. The van der Waals surface area contributed by atoms with Gasteiger partial charge in [-0.2, -0.15) is 18.3 Å². The predicted octanol–water partition coefficient (Wildman–Crippen LogP) is 9.14. The Balaban J connectivity index is 1.57. The Hall–Kier alpha value is -3.25. The molecule has 2 aliphatic rings. The van der Waals surface area contributed by atoms with Crippen LogP contribution in [0.25, 0.3) is 22.5 Å². The van der Waals surface area contributed by atoms with E-state index < -0.39 is 20.1 Å². The summed E-state index contributed by atoms with van der Waals surface area (Å²) in [4.78, 5) is 5.24. The molecule has 0 bridgehead atoms. The number of imidazole rings is 1. The first-order chi connectivity index (χ1) is 22.2. The van der Waals surface area contributed by atoms with Crippen LogP contribution in [0, 0.1) is 6.92 Å². The molecule has 7 nitrogen and oxygen atoms in total. The van der Waals surface area contributed by atoms with Gasteiger partial charge in [-0.25, -0.2) is 9.67 Å². The van der Waals surface area contributed by atoms with Gasteiger partial charge in [0.2, 0.25) is 0 Å². The average molecular weight is 667 g/mol. The number of benzene rings is 1. The number of rotatable bonds is 8. The molecule has 1 unspecified atom stereocenters. The molecule has 0 saturated carbocycles. The second-order valence-electron chi connectivity index (χ2n) is 14.2. The maximum atomic E-state index is 14.0. The normalized spacial score (nSPS) is 18.1. The highest BCUT2D eigenvalue weighted by atomic mass is 28.4. The van der Waals surface area contributed by atoms with Crippen LogP contribution in [0.3, 0.4) is 0 Å². The minimum Gasteiger partial charge on any atom is -0.411 e. The second-order valence-corrected chi connectivity index (χ2v) is 19.0. The van der Waals surface area contributed by atoms with Crippen molar-refractivity contribution in [2.45, 2.75) is 96.9 Å². The summed E-state index contributed by atoms with van der Waals surface area (Å²) in [5.41, 5.74) is 6.43. The van der Waals surface area contributed by atoms with Crippen LogP contribution in [0.1, 0.15) is 86.3 Å². The Kier molecular flexibility index (Phi) is 9.29. The molecule has 0 radical (unpaired) electrons. The maximum absolute atomic E-state index is 14.0. The van der Waals surface area contributed by atoms with E-state index in [2.05, 4.69) is 56.6 Å². The van der Waals surface area contributed by atoms with Crippen LogP contribution in [0.5, 0.6) is 0 Å². The Morgan fingerprint density at radius 1 is 1.09 bits per heavy atom. The highest BCUT2D eigenvalue weighted by Crippen LogP contribution is 2.39. The monoisotopic (exact) mass is 666 g/mol. The van der Waals surface area contributed by atoms with Crippen molar-refractivity contribution in [3.63, 3.8) is 0 Å². The molecule has 4 aromatic rings. The smallest absolute Gasteiger partial charge is 0.411 e. The van der Waals surface area contributed by atoms with Gasteiger partial charge >= 0.3 is 6.18 Å². The molecule has 252 valence electrons. The summed E-state index contributed by atoms with van der Waals surface area (Å²) >= 11 is 0. The van der Waals surface area contributed by atoms with Crippen molar-refractivity contribution < 1.29 is 27.1 Å². The molecule has 3 aromatic heterocycles. The van der Waals surface area contributed by atoms with E-state index in [0.717, 1.165) is 65.5 Å². The molecule has 1 fully saturated rings. The Bertz CT molecular complexity index is 1780. The van der Waals surface area contributed by atoms with Crippen LogP contribution in [0.2, 0.25) is 18.1 Å². The van der Waals surface area contributed by atoms with E-state index in [1.165, 1.54) is 6.07 Å². The molecule has 0 aliphatic carbocycles. The molecule has 0 N–H and O–H groups in total. The lowest BCUT2D eigenvalue weighted by Gasteiger charge is -2.36. The molecule has 0 spiro atoms. The fourth-order valence-corrected chi connectivity index (χ4v) is 7.13. The number of alkyl halides is 3. The van der Waals surface area contributed by atoms with Crippen molar-refractivity contribution in [1.29, 1.82) is 0 Å². The molecule has 1 aromatic carbocycles. The van der Waals surface area contributed by atoms with E-state index in [9.17, 15) is 13.2 Å². The van der Waals surface area contributed by atoms with Gasteiger partial charge < -0.3 is 18.3 Å². The van der Waals surface area contributed by atoms with E-state index in [1.807, 2.05) is 10.7 Å². The lowest BCUT2D eigenvalue weighted by atomic mass is 9.97. The summed E-state index contributed by atoms with van der Waals surface area (Å²) in [5.74, 6) is 0. The minimum absolute atomic E-state index is 0.0235. The molecule has 0 amide bonds. The van der Waals surface area contributed by atoms with Gasteiger partial charge in [0.25, 0.3) is 0 Å². The largest absolute Gasteiger partial charge is 0.416 e. The predicted molar refractivity (Wildman–Crippen MR) is 180 cm³/mol. The van der Waals surface area contributed by atoms with Crippen molar-refractivity contribution in [3.05, 3.63) is 82.4 Å². The van der Waals surface area contributed by atoms with Crippen LogP contribution in [0.4, 0.5) is 13.2 Å². The summed E-state index contributed by atoms with van der Waals surface area (Å²) in [5, 5.41) is 4.67. The highest BCUT2D eigenvalue weighted by Gasteiger charge is 2.38. The topological polar surface area (TPSA) is 62.8 Å². The third-order valence-corrected chi connectivity index (χ3v) is 14.6. The van der Waals surface area contributed by atoms with Crippen molar-refractivity contribution in [1.82, 2.24) is 19.2 Å². The van der Waals surface area contributed by atoms with E-state index >= 15 is 0 Å². The Morgan fingerprint density at radius 3 is 2.57 bits per heavy atom. The Labute approximate surface area is 275 Å². The van der Waals surface area contributed by atoms with E-state index in [-0.39, 0.29) is 29.9 Å². The summed E-state index contributed by atoms with van der Waals surface area (Å²) in [6.07, 6.45) is 5.34. The molecule has 1 atom stereocenters. The standard InChI is InChI=1S/C36H45F3N4O3Si/c1-24-26(10-9-11-29(24)36(37,38)39)21-32-30(23-46-47(5,6)35(2,3)4)41-34-28(20-27(22-42(32)34)25-14-18-44-19-15-25)31-13-16-40-43(31)33-12-7-8-17-45-33/h9-11,13-14,16,20,22,33H,7-8,12,15,17-19,21,23H2,1-6H3. The third-order valence-electron chi connectivity index (χ3n) is 10.1.